The van der Waals surface area contributed by atoms with Crippen molar-refractivity contribution in [3.8, 4) is 0 Å². The molecule has 0 amide bonds. The molecule has 0 aliphatic heterocycles. The van der Waals surface area contributed by atoms with E-state index >= 15 is 0 Å². The summed E-state index contributed by atoms with van der Waals surface area (Å²) >= 11 is 2.40. The van der Waals surface area contributed by atoms with E-state index in [0.717, 1.165) is 25.9 Å². The normalized spacial score (nSPS) is 10.7. The van der Waals surface area contributed by atoms with Crippen LogP contribution in [0.1, 0.15) is 18.5 Å². The highest BCUT2D eigenvalue weighted by Gasteiger charge is 2.02. The Hall–Kier alpha value is -0.170. The molecule has 1 aromatic rings. The van der Waals surface area contributed by atoms with Crippen molar-refractivity contribution in [2.45, 2.75) is 25.8 Å². The van der Waals surface area contributed by atoms with Crippen LogP contribution in [0.5, 0.6) is 0 Å². The van der Waals surface area contributed by atoms with Gasteiger partial charge in [-0.1, -0.05) is 27.8 Å². The lowest BCUT2D eigenvalue weighted by Gasteiger charge is -2.04. The van der Waals surface area contributed by atoms with Gasteiger partial charge in [0.25, 0.3) is 0 Å². The van der Waals surface area contributed by atoms with Gasteiger partial charge in [-0.25, -0.2) is 4.68 Å². The molecule has 0 aliphatic carbocycles. The Morgan fingerprint density at radius 2 is 2.36 bits per heavy atom. The minimum atomic E-state index is 0.970. The number of halogens is 1. The van der Waals surface area contributed by atoms with Crippen LogP contribution in [0.25, 0.3) is 0 Å². The molecule has 4 nitrogen and oxygen atoms in total. The number of aromatic nitrogens is 3. The lowest BCUT2D eigenvalue weighted by molar-refractivity contribution is 0.526. The average Bonchev–Trinajstić information content (AvgIpc) is 2.63. The first-order valence-corrected chi connectivity index (χ1v) is 6.49. The molecule has 0 saturated heterocycles. The molecule has 1 N–H and O–H groups in total. The fourth-order valence-corrected chi connectivity index (χ4v) is 1.70. The zero-order valence-electron chi connectivity index (χ0n) is 8.54. The van der Waals surface area contributed by atoms with Crippen molar-refractivity contribution in [1.29, 1.82) is 0 Å². The van der Waals surface area contributed by atoms with Gasteiger partial charge in [-0.15, -0.1) is 5.10 Å². The largest absolute Gasteiger partial charge is 0.320 e. The third-order valence-electron chi connectivity index (χ3n) is 2.06. The fraction of sp³-hybridized carbons (Fsp3) is 0.778. The second kappa shape index (κ2) is 7.17. The summed E-state index contributed by atoms with van der Waals surface area (Å²) in [6, 6.07) is 0. The van der Waals surface area contributed by atoms with Crippen LogP contribution in [-0.2, 0) is 13.0 Å². The van der Waals surface area contributed by atoms with Crippen LogP contribution in [0.3, 0.4) is 0 Å². The van der Waals surface area contributed by atoms with Gasteiger partial charge in [0.15, 0.2) is 0 Å². The Bertz CT molecular complexity index is 249. The summed E-state index contributed by atoms with van der Waals surface area (Å²) in [6.07, 6.45) is 5.29. The molecule has 0 fully saturated rings. The van der Waals surface area contributed by atoms with Crippen molar-refractivity contribution in [3.05, 3.63) is 11.9 Å². The van der Waals surface area contributed by atoms with E-state index in [9.17, 15) is 0 Å². The summed E-state index contributed by atoms with van der Waals surface area (Å²) in [4.78, 5) is 0. The van der Waals surface area contributed by atoms with Crippen molar-refractivity contribution in [1.82, 2.24) is 20.3 Å². The zero-order chi connectivity index (χ0) is 10.2. The minimum Gasteiger partial charge on any atom is -0.320 e. The summed E-state index contributed by atoms with van der Waals surface area (Å²) in [5, 5.41) is 11.2. The molecule has 1 heterocycles. The van der Waals surface area contributed by atoms with Crippen molar-refractivity contribution < 1.29 is 0 Å². The molecular weight excluding hydrogens is 291 g/mol. The van der Waals surface area contributed by atoms with E-state index in [1.165, 1.54) is 16.5 Å². The van der Waals surface area contributed by atoms with Gasteiger partial charge < -0.3 is 5.32 Å². The highest BCUT2D eigenvalue weighted by atomic mass is 127. The summed E-state index contributed by atoms with van der Waals surface area (Å²) < 4.78 is 3.21. The highest BCUT2D eigenvalue weighted by molar-refractivity contribution is 14.1. The first-order valence-electron chi connectivity index (χ1n) is 4.96. The van der Waals surface area contributed by atoms with Crippen LogP contribution in [0, 0.1) is 0 Å². The van der Waals surface area contributed by atoms with E-state index in [2.05, 4.69) is 38.2 Å². The van der Waals surface area contributed by atoms with Crippen molar-refractivity contribution >= 4 is 22.6 Å². The fourth-order valence-electron chi connectivity index (χ4n) is 1.31. The lowest BCUT2D eigenvalue weighted by Crippen LogP contribution is -2.13. The molecule has 1 rings (SSSR count). The van der Waals surface area contributed by atoms with E-state index < -0.39 is 0 Å². The lowest BCUT2D eigenvalue weighted by atomic mass is 10.2. The van der Waals surface area contributed by atoms with Crippen LogP contribution in [0.4, 0.5) is 0 Å². The molecule has 0 aromatic carbocycles. The maximum Gasteiger partial charge on any atom is 0.0725 e. The smallest absolute Gasteiger partial charge is 0.0725 e. The Kier molecular flexibility index (Phi) is 6.09. The van der Waals surface area contributed by atoms with Gasteiger partial charge in [-0.2, -0.15) is 0 Å². The van der Waals surface area contributed by atoms with E-state index in [1.54, 1.807) is 0 Å². The molecule has 0 spiro atoms. The van der Waals surface area contributed by atoms with Gasteiger partial charge in [-0.3, -0.25) is 0 Å². The summed E-state index contributed by atoms with van der Waals surface area (Å²) in [7, 11) is 1.97. The standard InChI is InChI=1S/C9H17IN4/c1-11-6-3-7-14-9(4-2-5-10)8-12-13-14/h8,11H,2-7H2,1H3. The van der Waals surface area contributed by atoms with Gasteiger partial charge in [0.2, 0.25) is 0 Å². The van der Waals surface area contributed by atoms with Gasteiger partial charge in [0.1, 0.15) is 0 Å². The molecule has 0 bridgehead atoms. The zero-order valence-corrected chi connectivity index (χ0v) is 10.7. The quantitative estimate of drug-likeness (QED) is 0.468. The van der Waals surface area contributed by atoms with E-state index in [0.29, 0.717) is 0 Å². The Morgan fingerprint density at radius 1 is 1.50 bits per heavy atom. The third kappa shape index (κ3) is 3.91. The van der Waals surface area contributed by atoms with Crippen LogP contribution in [0.2, 0.25) is 0 Å². The summed E-state index contributed by atoms with van der Waals surface area (Å²) in [6.45, 7) is 2.00. The summed E-state index contributed by atoms with van der Waals surface area (Å²) in [5.74, 6) is 0. The number of hydrogen-bond donors (Lipinski definition) is 1. The first kappa shape index (κ1) is 11.9. The van der Waals surface area contributed by atoms with Crippen LogP contribution in [-0.4, -0.2) is 33.0 Å². The monoisotopic (exact) mass is 308 g/mol. The van der Waals surface area contributed by atoms with E-state index in [4.69, 9.17) is 0 Å². The van der Waals surface area contributed by atoms with Gasteiger partial charge in [0.05, 0.1) is 11.9 Å². The molecular formula is C9H17IN4. The number of nitrogens with zero attached hydrogens (tertiary/aromatic N) is 3. The highest BCUT2D eigenvalue weighted by Crippen LogP contribution is 2.03. The average molecular weight is 308 g/mol. The predicted octanol–water partition coefficient (Wildman–Crippen LogP) is 1.26. The van der Waals surface area contributed by atoms with Crippen molar-refractivity contribution in [2.75, 3.05) is 18.0 Å². The number of hydrogen-bond acceptors (Lipinski definition) is 3. The summed E-state index contributed by atoms with van der Waals surface area (Å²) in [5.41, 5.74) is 1.26. The molecule has 0 saturated carbocycles. The SMILES string of the molecule is CNCCCn1nncc1CCCI. The first-order chi connectivity index (χ1) is 6.88. The van der Waals surface area contributed by atoms with Gasteiger partial charge in [0, 0.05) is 6.54 Å². The minimum absolute atomic E-state index is 0.970. The van der Waals surface area contributed by atoms with E-state index in [-0.39, 0.29) is 0 Å². The molecule has 0 aliphatic rings. The maximum absolute atomic E-state index is 4.08. The molecule has 14 heavy (non-hydrogen) atoms. The van der Waals surface area contributed by atoms with E-state index in [1.807, 2.05) is 17.9 Å². The third-order valence-corrected chi connectivity index (χ3v) is 2.82. The second-order valence-electron chi connectivity index (χ2n) is 3.20. The predicted molar refractivity (Wildman–Crippen MR) is 65.8 cm³/mol. The van der Waals surface area contributed by atoms with Crippen LogP contribution < -0.4 is 5.32 Å². The number of alkyl halides is 1. The molecule has 0 atom stereocenters. The molecule has 80 valence electrons. The van der Waals surface area contributed by atoms with Gasteiger partial charge >= 0.3 is 0 Å². The molecule has 1 aromatic heterocycles. The molecule has 0 radical (unpaired) electrons. The van der Waals surface area contributed by atoms with Crippen LogP contribution in [0.15, 0.2) is 6.20 Å². The molecule has 5 heteroatoms. The maximum atomic E-state index is 4.08. The molecule has 0 unspecified atom stereocenters. The topological polar surface area (TPSA) is 42.7 Å². The number of nitrogens with one attached hydrogen (secondary N) is 1. The van der Waals surface area contributed by atoms with Gasteiger partial charge in [-0.05, 0) is 37.3 Å². The second-order valence-corrected chi connectivity index (χ2v) is 4.28. The number of aryl methyl sites for hydroxylation is 2. The van der Waals surface area contributed by atoms with Crippen molar-refractivity contribution in [2.24, 2.45) is 0 Å². The Labute approximate surface area is 98.6 Å². The Morgan fingerprint density at radius 3 is 3.07 bits per heavy atom. The number of rotatable bonds is 7. The van der Waals surface area contributed by atoms with Crippen molar-refractivity contribution in [3.63, 3.8) is 0 Å². The Balaban J connectivity index is 2.37. The van der Waals surface area contributed by atoms with Crippen LogP contribution >= 0.6 is 22.6 Å².